The van der Waals surface area contributed by atoms with Gasteiger partial charge in [0.15, 0.2) is 5.96 Å². The molecule has 0 saturated heterocycles. The summed E-state index contributed by atoms with van der Waals surface area (Å²) in [6.45, 7) is 7.80. The molecule has 0 unspecified atom stereocenters. The third kappa shape index (κ3) is 7.29. The second-order valence-corrected chi connectivity index (χ2v) is 6.56. The Labute approximate surface area is 150 Å². The van der Waals surface area contributed by atoms with E-state index in [1.54, 1.807) is 7.05 Å². The van der Waals surface area contributed by atoms with Crippen molar-refractivity contribution in [1.29, 1.82) is 0 Å². The number of halogens is 1. The van der Waals surface area contributed by atoms with Crippen LogP contribution in [0, 0.1) is 5.92 Å². The highest BCUT2D eigenvalue weighted by Gasteiger charge is 2.22. The summed E-state index contributed by atoms with van der Waals surface area (Å²) in [7, 11) is 1.77. The van der Waals surface area contributed by atoms with Crippen LogP contribution in [-0.2, 0) is 6.54 Å². The van der Waals surface area contributed by atoms with Crippen molar-refractivity contribution in [2.45, 2.75) is 45.7 Å². The number of nitrogens with one attached hydrogen (secondary N) is 2. The summed E-state index contributed by atoms with van der Waals surface area (Å²) in [6, 6.07) is 3.96. The Bertz CT molecular complexity index is 478. The van der Waals surface area contributed by atoms with Crippen molar-refractivity contribution < 1.29 is 4.74 Å². The van der Waals surface area contributed by atoms with Crippen molar-refractivity contribution >= 4 is 29.9 Å². The Balaban J connectivity index is 0.00000242. The van der Waals surface area contributed by atoms with Crippen LogP contribution in [0.3, 0.4) is 0 Å². The zero-order chi connectivity index (χ0) is 15.3. The van der Waals surface area contributed by atoms with Gasteiger partial charge in [-0.05, 0) is 45.1 Å². The molecule has 0 aliphatic heterocycles. The second kappa shape index (κ2) is 8.55. The molecule has 0 radical (unpaired) electrons. The van der Waals surface area contributed by atoms with Gasteiger partial charge in [-0.1, -0.05) is 6.07 Å². The summed E-state index contributed by atoms with van der Waals surface area (Å²) < 4.78 is 5.63. The summed E-state index contributed by atoms with van der Waals surface area (Å²) in [6.07, 6.45) is 4.43. The molecule has 6 heteroatoms. The average Bonchev–Trinajstić information content (AvgIpc) is 3.25. The number of rotatable bonds is 5. The van der Waals surface area contributed by atoms with E-state index in [0.29, 0.717) is 12.4 Å². The number of hydrogen-bond donors (Lipinski definition) is 2. The first-order chi connectivity index (χ1) is 9.96. The fourth-order valence-corrected chi connectivity index (χ4v) is 1.81. The van der Waals surface area contributed by atoms with E-state index in [-0.39, 0.29) is 29.5 Å². The molecule has 1 fully saturated rings. The van der Waals surface area contributed by atoms with Crippen LogP contribution in [0.5, 0.6) is 5.88 Å². The van der Waals surface area contributed by atoms with Gasteiger partial charge < -0.3 is 15.4 Å². The van der Waals surface area contributed by atoms with Gasteiger partial charge in [-0.3, -0.25) is 4.99 Å². The molecular weight excluding hydrogens is 391 g/mol. The quantitative estimate of drug-likeness (QED) is 0.439. The van der Waals surface area contributed by atoms with Crippen LogP contribution in [0.15, 0.2) is 23.3 Å². The highest BCUT2D eigenvalue weighted by atomic mass is 127. The van der Waals surface area contributed by atoms with Crippen molar-refractivity contribution in [2.75, 3.05) is 13.7 Å². The van der Waals surface area contributed by atoms with Crippen LogP contribution >= 0.6 is 24.0 Å². The smallest absolute Gasteiger partial charge is 0.213 e. The fourth-order valence-electron chi connectivity index (χ4n) is 1.81. The van der Waals surface area contributed by atoms with Crippen LogP contribution in [0.2, 0.25) is 0 Å². The van der Waals surface area contributed by atoms with Gasteiger partial charge in [0, 0.05) is 31.4 Å². The molecule has 0 amide bonds. The molecule has 0 spiro atoms. The number of pyridine rings is 1. The Hall–Kier alpha value is -1.05. The predicted molar refractivity (Wildman–Crippen MR) is 101 cm³/mol. The molecule has 1 aromatic heterocycles. The van der Waals surface area contributed by atoms with Crippen molar-refractivity contribution in [3.63, 3.8) is 0 Å². The van der Waals surface area contributed by atoms with Crippen LogP contribution in [-0.4, -0.2) is 30.1 Å². The summed E-state index contributed by atoms with van der Waals surface area (Å²) in [5.74, 6) is 2.25. The SMILES string of the molecule is CN=C(NCc1ccc(OCC2CC2)nc1)NC(C)(C)C.I. The third-order valence-corrected chi connectivity index (χ3v) is 3.14. The molecule has 0 aromatic carbocycles. The molecule has 1 heterocycles. The molecule has 22 heavy (non-hydrogen) atoms. The van der Waals surface area contributed by atoms with Crippen molar-refractivity contribution in [2.24, 2.45) is 10.9 Å². The van der Waals surface area contributed by atoms with E-state index in [0.717, 1.165) is 24.0 Å². The minimum absolute atomic E-state index is 0. The Kier molecular flexibility index (Phi) is 7.38. The maximum atomic E-state index is 5.63. The first-order valence-corrected chi connectivity index (χ1v) is 7.53. The summed E-state index contributed by atoms with van der Waals surface area (Å²) in [4.78, 5) is 8.55. The molecule has 1 aliphatic rings. The van der Waals surface area contributed by atoms with Crippen molar-refractivity contribution in [3.05, 3.63) is 23.9 Å². The lowest BCUT2D eigenvalue weighted by molar-refractivity contribution is 0.288. The molecule has 1 saturated carbocycles. The maximum Gasteiger partial charge on any atom is 0.213 e. The van der Waals surface area contributed by atoms with E-state index in [1.807, 2.05) is 18.3 Å². The molecule has 1 aromatic rings. The zero-order valence-corrected chi connectivity index (χ0v) is 16.2. The average molecular weight is 418 g/mol. The number of aliphatic imine (C=N–C) groups is 1. The van der Waals surface area contributed by atoms with E-state index in [9.17, 15) is 0 Å². The molecule has 124 valence electrons. The van der Waals surface area contributed by atoms with Crippen molar-refractivity contribution in [1.82, 2.24) is 15.6 Å². The highest BCUT2D eigenvalue weighted by molar-refractivity contribution is 14.0. The molecule has 2 N–H and O–H groups in total. The van der Waals surface area contributed by atoms with Crippen LogP contribution in [0.25, 0.3) is 0 Å². The Morgan fingerprint density at radius 1 is 1.36 bits per heavy atom. The van der Waals surface area contributed by atoms with E-state index in [4.69, 9.17) is 4.74 Å². The van der Waals surface area contributed by atoms with Gasteiger partial charge in [-0.2, -0.15) is 0 Å². The van der Waals surface area contributed by atoms with Gasteiger partial charge in [0.25, 0.3) is 0 Å². The minimum Gasteiger partial charge on any atom is -0.477 e. The summed E-state index contributed by atoms with van der Waals surface area (Å²) >= 11 is 0. The van der Waals surface area contributed by atoms with E-state index in [1.165, 1.54) is 12.8 Å². The predicted octanol–water partition coefficient (Wildman–Crippen LogP) is 2.95. The van der Waals surface area contributed by atoms with Gasteiger partial charge in [-0.15, -0.1) is 24.0 Å². The molecule has 2 rings (SSSR count). The number of hydrogen-bond acceptors (Lipinski definition) is 3. The van der Waals surface area contributed by atoms with Gasteiger partial charge in [-0.25, -0.2) is 4.98 Å². The van der Waals surface area contributed by atoms with Gasteiger partial charge >= 0.3 is 0 Å². The largest absolute Gasteiger partial charge is 0.477 e. The second-order valence-electron chi connectivity index (χ2n) is 6.56. The Morgan fingerprint density at radius 2 is 2.09 bits per heavy atom. The molecule has 0 atom stereocenters. The monoisotopic (exact) mass is 418 g/mol. The number of ether oxygens (including phenoxy) is 1. The van der Waals surface area contributed by atoms with E-state index >= 15 is 0 Å². The lowest BCUT2D eigenvalue weighted by Gasteiger charge is -2.23. The highest BCUT2D eigenvalue weighted by Crippen LogP contribution is 2.29. The number of guanidine groups is 1. The van der Waals surface area contributed by atoms with Crippen molar-refractivity contribution in [3.8, 4) is 5.88 Å². The van der Waals surface area contributed by atoms with Crippen LogP contribution in [0.1, 0.15) is 39.2 Å². The zero-order valence-electron chi connectivity index (χ0n) is 13.8. The van der Waals surface area contributed by atoms with Gasteiger partial charge in [0.1, 0.15) is 0 Å². The topological polar surface area (TPSA) is 58.5 Å². The lowest BCUT2D eigenvalue weighted by Crippen LogP contribution is -2.47. The minimum atomic E-state index is -0.0133. The third-order valence-electron chi connectivity index (χ3n) is 3.14. The van der Waals surface area contributed by atoms with E-state index in [2.05, 4.69) is 41.4 Å². The van der Waals surface area contributed by atoms with Gasteiger partial charge in [0.05, 0.1) is 6.61 Å². The lowest BCUT2D eigenvalue weighted by atomic mass is 10.1. The summed E-state index contributed by atoms with van der Waals surface area (Å²) in [5.41, 5.74) is 1.09. The number of aromatic nitrogens is 1. The summed E-state index contributed by atoms with van der Waals surface area (Å²) in [5, 5.41) is 6.60. The maximum absolute atomic E-state index is 5.63. The van der Waals surface area contributed by atoms with Gasteiger partial charge in [0.2, 0.25) is 5.88 Å². The first kappa shape index (κ1) is 19.0. The Morgan fingerprint density at radius 3 is 2.59 bits per heavy atom. The number of nitrogens with zero attached hydrogens (tertiary/aromatic N) is 2. The molecule has 0 bridgehead atoms. The van der Waals surface area contributed by atoms with Crippen LogP contribution < -0.4 is 15.4 Å². The van der Waals surface area contributed by atoms with Crippen LogP contribution in [0.4, 0.5) is 0 Å². The normalized spacial score (nSPS) is 15.0. The first-order valence-electron chi connectivity index (χ1n) is 7.53. The fraction of sp³-hybridized carbons (Fsp3) is 0.625. The standard InChI is InChI=1S/C16H26N4O.HI/c1-16(2,3)20-15(17-4)19-10-13-7-8-14(18-9-13)21-11-12-5-6-12;/h7-9,12H,5-6,10-11H2,1-4H3,(H2,17,19,20);1H. The molecule has 1 aliphatic carbocycles. The van der Waals surface area contributed by atoms with E-state index < -0.39 is 0 Å². The molecular formula is C16H27IN4O. The molecule has 5 nitrogen and oxygen atoms in total.